The summed E-state index contributed by atoms with van der Waals surface area (Å²) in [6, 6.07) is 0. The van der Waals surface area contributed by atoms with Gasteiger partial charge >= 0.3 is 0 Å². The fraction of sp³-hybridized carbons (Fsp3) is 1.00. The topological polar surface area (TPSA) is 27.7 Å². The zero-order valence-corrected chi connectivity index (χ0v) is 17.5. The predicted octanol–water partition coefficient (Wildman–Crippen LogP) is 5.32. The molecule has 144 valence electrons. The SMILES string of the molecule is COCC(COC)(COC(C)(C)C1CCCCC1)C(C)(C)C(C)C. The molecule has 0 spiro atoms. The molecule has 1 aliphatic carbocycles. The van der Waals surface area contributed by atoms with Crippen LogP contribution in [-0.4, -0.2) is 39.6 Å². The first kappa shape index (κ1) is 21.9. The van der Waals surface area contributed by atoms with E-state index >= 15 is 0 Å². The molecule has 24 heavy (non-hydrogen) atoms. The van der Waals surface area contributed by atoms with Crippen molar-refractivity contribution in [3.8, 4) is 0 Å². The number of hydrogen-bond donors (Lipinski definition) is 0. The highest BCUT2D eigenvalue weighted by molar-refractivity contribution is 4.96. The molecule has 1 fully saturated rings. The normalized spacial score (nSPS) is 18.4. The van der Waals surface area contributed by atoms with Gasteiger partial charge in [0.2, 0.25) is 0 Å². The molecule has 0 heterocycles. The van der Waals surface area contributed by atoms with Crippen molar-refractivity contribution in [1.29, 1.82) is 0 Å². The molecule has 0 bridgehead atoms. The second kappa shape index (κ2) is 9.00. The molecule has 1 saturated carbocycles. The summed E-state index contributed by atoms with van der Waals surface area (Å²) in [6.07, 6.45) is 6.65. The van der Waals surface area contributed by atoms with Gasteiger partial charge in [-0.05, 0) is 43.9 Å². The van der Waals surface area contributed by atoms with Gasteiger partial charge in [0.1, 0.15) is 0 Å². The van der Waals surface area contributed by atoms with Gasteiger partial charge in [0, 0.05) is 19.6 Å². The maximum absolute atomic E-state index is 6.62. The van der Waals surface area contributed by atoms with Crippen LogP contribution in [0.2, 0.25) is 0 Å². The smallest absolute Gasteiger partial charge is 0.0654 e. The first-order chi connectivity index (χ1) is 11.1. The zero-order chi connectivity index (χ0) is 18.4. The number of methoxy groups -OCH3 is 2. The number of ether oxygens (including phenoxy) is 3. The predicted molar refractivity (Wildman–Crippen MR) is 101 cm³/mol. The van der Waals surface area contributed by atoms with E-state index in [0.717, 1.165) is 0 Å². The van der Waals surface area contributed by atoms with Gasteiger partial charge in [-0.1, -0.05) is 47.0 Å². The molecule has 0 aromatic rings. The summed E-state index contributed by atoms with van der Waals surface area (Å²) in [5.41, 5.74) is -0.168. The first-order valence-corrected chi connectivity index (χ1v) is 9.75. The fourth-order valence-electron chi connectivity index (χ4n) is 4.09. The third-order valence-corrected chi connectivity index (χ3v) is 6.96. The molecule has 3 heteroatoms. The molecule has 0 saturated heterocycles. The third-order valence-electron chi connectivity index (χ3n) is 6.96. The Morgan fingerprint density at radius 2 is 1.33 bits per heavy atom. The van der Waals surface area contributed by atoms with Crippen LogP contribution >= 0.6 is 0 Å². The molecule has 0 N–H and O–H groups in total. The van der Waals surface area contributed by atoms with Gasteiger partial charge in [-0.2, -0.15) is 0 Å². The summed E-state index contributed by atoms with van der Waals surface area (Å²) >= 11 is 0. The minimum Gasteiger partial charge on any atom is -0.384 e. The Kier molecular flexibility index (Phi) is 8.22. The molecule has 0 aromatic carbocycles. The van der Waals surface area contributed by atoms with Gasteiger partial charge < -0.3 is 14.2 Å². The van der Waals surface area contributed by atoms with Crippen LogP contribution in [0.1, 0.15) is 73.6 Å². The second-order valence-electron chi connectivity index (χ2n) is 9.25. The molecule has 0 aromatic heterocycles. The van der Waals surface area contributed by atoms with E-state index < -0.39 is 0 Å². The van der Waals surface area contributed by atoms with E-state index in [2.05, 4.69) is 41.5 Å². The van der Waals surface area contributed by atoms with Crippen molar-refractivity contribution >= 4 is 0 Å². The standard InChI is InChI=1S/C21H42O3/c1-17(2)19(3,4)21(14-22-7,15-23-8)16-24-20(5,6)18-12-10-9-11-13-18/h17-18H,9-16H2,1-8H3. The summed E-state index contributed by atoms with van der Waals surface area (Å²) < 4.78 is 17.9. The van der Waals surface area contributed by atoms with E-state index in [9.17, 15) is 0 Å². The summed E-state index contributed by atoms with van der Waals surface area (Å²) in [7, 11) is 3.57. The number of hydrogen-bond acceptors (Lipinski definition) is 3. The van der Waals surface area contributed by atoms with Crippen LogP contribution < -0.4 is 0 Å². The van der Waals surface area contributed by atoms with Gasteiger partial charge in [-0.3, -0.25) is 0 Å². The summed E-state index contributed by atoms with van der Waals surface area (Å²) in [4.78, 5) is 0. The highest BCUT2D eigenvalue weighted by Gasteiger charge is 2.48. The lowest BCUT2D eigenvalue weighted by Gasteiger charge is -2.50. The van der Waals surface area contributed by atoms with Gasteiger partial charge in [0.25, 0.3) is 0 Å². The minimum atomic E-state index is -0.142. The van der Waals surface area contributed by atoms with Crippen molar-refractivity contribution in [3.05, 3.63) is 0 Å². The average molecular weight is 343 g/mol. The molecular formula is C21H42O3. The molecule has 0 unspecified atom stereocenters. The van der Waals surface area contributed by atoms with Crippen LogP contribution in [0.15, 0.2) is 0 Å². The van der Waals surface area contributed by atoms with E-state index in [-0.39, 0.29) is 16.4 Å². The van der Waals surface area contributed by atoms with Crippen molar-refractivity contribution in [1.82, 2.24) is 0 Å². The van der Waals surface area contributed by atoms with Crippen LogP contribution in [0.5, 0.6) is 0 Å². The molecule has 0 amide bonds. The third kappa shape index (κ3) is 4.95. The summed E-state index contributed by atoms with van der Waals surface area (Å²) in [5.74, 6) is 1.18. The maximum Gasteiger partial charge on any atom is 0.0654 e. The largest absolute Gasteiger partial charge is 0.384 e. The van der Waals surface area contributed by atoms with E-state index in [0.29, 0.717) is 31.7 Å². The van der Waals surface area contributed by atoms with Crippen LogP contribution in [0.3, 0.4) is 0 Å². The van der Waals surface area contributed by atoms with E-state index in [4.69, 9.17) is 14.2 Å². The Morgan fingerprint density at radius 3 is 1.75 bits per heavy atom. The molecule has 1 rings (SSSR count). The Labute approximate surface area is 150 Å². The number of rotatable bonds is 10. The molecule has 3 nitrogen and oxygen atoms in total. The lowest BCUT2D eigenvalue weighted by Crippen LogP contribution is -2.53. The second-order valence-corrected chi connectivity index (χ2v) is 9.25. The zero-order valence-electron chi connectivity index (χ0n) is 17.5. The van der Waals surface area contributed by atoms with Crippen LogP contribution in [0.4, 0.5) is 0 Å². The van der Waals surface area contributed by atoms with E-state index in [1.807, 2.05) is 0 Å². The lowest BCUT2D eigenvalue weighted by molar-refractivity contribution is -0.173. The van der Waals surface area contributed by atoms with Crippen molar-refractivity contribution in [3.63, 3.8) is 0 Å². The first-order valence-electron chi connectivity index (χ1n) is 9.75. The van der Waals surface area contributed by atoms with Crippen LogP contribution in [0, 0.1) is 22.7 Å². The van der Waals surface area contributed by atoms with E-state index in [1.54, 1.807) is 14.2 Å². The summed E-state index contributed by atoms with van der Waals surface area (Å²) in [6.45, 7) is 15.8. The van der Waals surface area contributed by atoms with Gasteiger partial charge in [0.05, 0.1) is 25.4 Å². The van der Waals surface area contributed by atoms with Crippen molar-refractivity contribution in [2.45, 2.75) is 79.2 Å². The van der Waals surface area contributed by atoms with Gasteiger partial charge in [0.15, 0.2) is 0 Å². The minimum absolute atomic E-state index is 0.0572. The van der Waals surface area contributed by atoms with Crippen LogP contribution in [0.25, 0.3) is 0 Å². The van der Waals surface area contributed by atoms with Crippen molar-refractivity contribution in [2.75, 3.05) is 34.0 Å². The molecule has 1 aliphatic rings. The Balaban J connectivity index is 2.94. The quantitative estimate of drug-likeness (QED) is 0.537. The average Bonchev–Trinajstić information content (AvgIpc) is 2.53. The summed E-state index contributed by atoms with van der Waals surface area (Å²) in [5, 5.41) is 0. The van der Waals surface area contributed by atoms with E-state index in [1.165, 1.54) is 32.1 Å². The van der Waals surface area contributed by atoms with Crippen molar-refractivity contribution in [2.24, 2.45) is 22.7 Å². The molecule has 0 aliphatic heterocycles. The highest BCUT2D eigenvalue weighted by atomic mass is 16.5. The molecular weight excluding hydrogens is 300 g/mol. The van der Waals surface area contributed by atoms with Gasteiger partial charge in [-0.25, -0.2) is 0 Å². The van der Waals surface area contributed by atoms with Gasteiger partial charge in [-0.15, -0.1) is 0 Å². The maximum atomic E-state index is 6.62. The molecule has 0 radical (unpaired) electrons. The Bertz CT molecular complexity index is 348. The molecule has 0 atom stereocenters. The Hall–Kier alpha value is -0.120. The fourth-order valence-corrected chi connectivity index (χ4v) is 4.09. The van der Waals surface area contributed by atoms with Crippen LogP contribution in [-0.2, 0) is 14.2 Å². The van der Waals surface area contributed by atoms with Crippen molar-refractivity contribution < 1.29 is 14.2 Å². The lowest BCUT2D eigenvalue weighted by atomic mass is 9.61. The monoisotopic (exact) mass is 342 g/mol. The Morgan fingerprint density at radius 1 is 0.833 bits per heavy atom. The highest BCUT2D eigenvalue weighted by Crippen LogP contribution is 2.47.